The number of benzene rings is 10. The summed E-state index contributed by atoms with van der Waals surface area (Å²) < 4.78 is 6.55. The predicted molar refractivity (Wildman–Crippen MR) is 229 cm³/mol. The van der Waals surface area contributed by atoms with E-state index in [1.807, 2.05) is 0 Å². The van der Waals surface area contributed by atoms with Crippen molar-refractivity contribution >= 4 is 82.1 Å². The minimum atomic E-state index is 0.900. The highest BCUT2D eigenvalue weighted by Crippen LogP contribution is 2.46. The maximum Gasteiger partial charge on any atom is 0.143 e. The smallest absolute Gasteiger partial charge is 0.143 e. The van der Waals surface area contributed by atoms with Gasteiger partial charge in [-0.1, -0.05) is 164 Å². The number of hydrogen-bond donors (Lipinski definition) is 0. The molecule has 11 aromatic rings. The molecular weight excluding hydrogens is 655 g/mol. The highest BCUT2D eigenvalue weighted by Gasteiger charge is 2.21. The zero-order valence-corrected chi connectivity index (χ0v) is 29.4. The highest BCUT2D eigenvalue weighted by molar-refractivity contribution is 6.19. The Kier molecular flexibility index (Phi) is 6.90. The van der Waals surface area contributed by atoms with E-state index in [-0.39, 0.29) is 0 Å². The largest absolute Gasteiger partial charge is 0.455 e. The summed E-state index contributed by atoms with van der Waals surface area (Å²) in [5, 5.41) is 12.0. The number of fused-ring (bicyclic) bond motifs is 9. The van der Waals surface area contributed by atoms with Gasteiger partial charge >= 0.3 is 0 Å². The van der Waals surface area contributed by atoms with Crippen molar-refractivity contribution in [2.24, 2.45) is 0 Å². The maximum absolute atomic E-state index is 6.55. The van der Waals surface area contributed by atoms with E-state index in [4.69, 9.17) is 4.42 Å². The molecule has 54 heavy (non-hydrogen) atoms. The van der Waals surface area contributed by atoms with Crippen molar-refractivity contribution in [2.45, 2.75) is 0 Å². The van der Waals surface area contributed by atoms with Gasteiger partial charge in [-0.05, 0) is 85.4 Å². The van der Waals surface area contributed by atoms with E-state index >= 15 is 0 Å². The number of para-hydroxylation sites is 1. The Morgan fingerprint density at radius 2 is 0.870 bits per heavy atom. The van der Waals surface area contributed by atoms with Crippen LogP contribution in [0.5, 0.6) is 0 Å². The molecule has 10 aromatic carbocycles. The van der Waals surface area contributed by atoms with Gasteiger partial charge in [0.15, 0.2) is 0 Å². The summed E-state index contributed by atoms with van der Waals surface area (Å²) >= 11 is 0. The molecule has 0 aliphatic carbocycles. The Morgan fingerprint density at radius 1 is 0.315 bits per heavy atom. The van der Waals surface area contributed by atoms with Gasteiger partial charge in [0.25, 0.3) is 0 Å². The molecular formula is C52H33NO. The zero-order valence-electron chi connectivity index (χ0n) is 29.4. The Morgan fingerprint density at radius 3 is 1.70 bits per heavy atom. The molecule has 0 amide bonds. The molecule has 1 aromatic heterocycles. The number of hydrogen-bond acceptors (Lipinski definition) is 2. The van der Waals surface area contributed by atoms with Crippen LogP contribution in [0.4, 0.5) is 17.1 Å². The first-order valence-electron chi connectivity index (χ1n) is 18.5. The fourth-order valence-corrected chi connectivity index (χ4v) is 8.57. The van der Waals surface area contributed by atoms with E-state index in [1.54, 1.807) is 0 Å². The molecule has 2 heteroatoms. The van der Waals surface area contributed by atoms with E-state index in [0.29, 0.717) is 0 Å². The van der Waals surface area contributed by atoms with Gasteiger partial charge in [-0.25, -0.2) is 0 Å². The first-order valence-corrected chi connectivity index (χ1v) is 18.5. The van der Waals surface area contributed by atoms with E-state index < -0.39 is 0 Å². The van der Waals surface area contributed by atoms with Gasteiger partial charge in [0.1, 0.15) is 11.2 Å². The summed E-state index contributed by atoms with van der Waals surface area (Å²) in [7, 11) is 0. The number of anilines is 3. The van der Waals surface area contributed by atoms with Gasteiger partial charge in [-0.3, -0.25) is 0 Å². The first-order chi connectivity index (χ1) is 26.8. The molecule has 0 aliphatic heterocycles. The number of furan rings is 1. The quantitative estimate of drug-likeness (QED) is 0.168. The van der Waals surface area contributed by atoms with E-state index in [2.05, 4.69) is 205 Å². The van der Waals surface area contributed by atoms with Crippen LogP contribution in [0.2, 0.25) is 0 Å². The number of nitrogens with zero attached hydrogens (tertiary/aromatic N) is 1. The second-order valence-corrected chi connectivity index (χ2v) is 14.0. The molecule has 11 rings (SSSR count). The Labute approximate surface area is 312 Å². The summed E-state index contributed by atoms with van der Waals surface area (Å²) in [6, 6.07) is 72.3. The topological polar surface area (TPSA) is 16.4 Å². The fraction of sp³-hybridized carbons (Fsp3) is 0. The average molecular weight is 688 g/mol. The zero-order chi connectivity index (χ0) is 35.6. The monoisotopic (exact) mass is 687 g/mol. The van der Waals surface area contributed by atoms with Crippen LogP contribution in [-0.4, -0.2) is 0 Å². The van der Waals surface area contributed by atoms with Gasteiger partial charge in [-0.2, -0.15) is 0 Å². The van der Waals surface area contributed by atoms with E-state index in [9.17, 15) is 0 Å². The maximum atomic E-state index is 6.55. The summed E-state index contributed by atoms with van der Waals surface area (Å²) in [4.78, 5) is 2.43. The normalized spacial score (nSPS) is 11.7. The van der Waals surface area contributed by atoms with Crippen molar-refractivity contribution in [1.82, 2.24) is 0 Å². The first kappa shape index (κ1) is 30.5. The van der Waals surface area contributed by atoms with E-state index in [0.717, 1.165) is 55.5 Å². The Balaban J connectivity index is 1.11. The molecule has 0 atom stereocenters. The molecule has 0 aliphatic rings. The molecule has 0 radical (unpaired) electrons. The molecule has 1 heterocycles. The second-order valence-electron chi connectivity index (χ2n) is 14.0. The summed E-state index contributed by atoms with van der Waals surface area (Å²) in [5.41, 5.74) is 9.87. The third-order valence-corrected chi connectivity index (χ3v) is 11.1. The van der Waals surface area contributed by atoms with Crippen molar-refractivity contribution in [3.05, 3.63) is 200 Å². The Bertz CT molecular complexity index is 3220. The Hall–Kier alpha value is -7.16. The number of rotatable bonds is 5. The minimum Gasteiger partial charge on any atom is -0.455 e. The van der Waals surface area contributed by atoms with Crippen LogP contribution in [0.1, 0.15) is 0 Å². The van der Waals surface area contributed by atoms with Gasteiger partial charge < -0.3 is 9.32 Å². The van der Waals surface area contributed by atoms with Crippen molar-refractivity contribution < 1.29 is 4.42 Å². The van der Waals surface area contributed by atoms with Crippen LogP contribution in [-0.2, 0) is 0 Å². The molecule has 0 N–H and O–H groups in total. The van der Waals surface area contributed by atoms with Gasteiger partial charge in [0.05, 0.1) is 11.4 Å². The lowest BCUT2D eigenvalue weighted by molar-refractivity contribution is 0.673. The lowest BCUT2D eigenvalue weighted by Crippen LogP contribution is -2.11. The van der Waals surface area contributed by atoms with Crippen LogP contribution >= 0.6 is 0 Å². The van der Waals surface area contributed by atoms with Crippen LogP contribution < -0.4 is 4.90 Å². The molecule has 0 saturated carbocycles. The predicted octanol–water partition coefficient (Wildman–Crippen LogP) is 15.0. The fourth-order valence-electron chi connectivity index (χ4n) is 8.57. The molecule has 0 saturated heterocycles. The van der Waals surface area contributed by atoms with Crippen LogP contribution in [0.15, 0.2) is 205 Å². The molecule has 0 bridgehead atoms. The molecule has 0 unspecified atom stereocenters. The lowest BCUT2D eigenvalue weighted by Gasteiger charge is -2.29. The summed E-state index contributed by atoms with van der Waals surface area (Å²) in [6.45, 7) is 0. The third-order valence-electron chi connectivity index (χ3n) is 11.1. The highest BCUT2D eigenvalue weighted by atomic mass is 16.3. The van der Waals surface area contributed by atoms with Gasteiger partial charge in [0, 0.05) is 32.8 Å². The molecule has 0 fully saturated rings. The van der Waals surface area contributed by atoms with Gasteiger partial charge in [0.2, 0.25) is 0 Å². The summed E-state index contributed by atoms with van der Waals surface area (Å²) in [5.74, 6) is 0. The third kappa shape index (κ3) is 4.74. The van der Waals surface area contributed by atoms with Crippen molar-refractivity contribution in [2.75, 3.05) is 4.90 Å². The van der Waals surface area contributed by atoms with Crippen LogP contribution in [0.25, 0.3) is 87.3 Å². The van der Waals surface area contributed by atoms with Crippen molar-refractivity contribution in [3.8, 4) is 22.3 Å². The van der Waals surface area contributed by atoms with Gasteiger partial charge in [-0.15, -0.1) is 0 Å². The molecule has 2 nitrogen and oxygen atoms in total. The standard InChI is InChI=1S/C52H33NO/c1-4-16-39-35(13-1)28-32-45-43(39)21-10-22-44(45)46-19-7-8-23-49(46)53(48-24-9-15-34-12-2-5-17-40(34)48)38-30-26-37(27-31-38)41-20-11-25-50-51(41)47-33-29-36-14-3-6-18-42(36)52(47)54-50/h1-33H. The minimum absolute atomic E-state index is 0.900. The lowest BCUT2D eigenvalue weighted by atomic mass is 9.93. The van der Waals surface area contributed by atoms with Crippen LogP contribution in [0.3, 0.4) is 0 Å². The SMILES string of the molecule is c1ccc(N(c2ccc(-c3cccc4oc5c6ccccc6ccc5c34)cc2)c2cccc3ccccc23)c(-c2cccc3c2ccc2ccccc23)c1. The molecule has 252 valence electrons. The summed E-state index contributed by atoms with van der Waals surface area (Å²) in [6.07, 6.45) is 0. The van der Waals surface area contributed by atoms with E-state index in [1.165, 1.54) is 48.8 Å². The van der Waals surface area contributed by atoms with Crippen molar-refractivity contribution in [1.29, 1.82) is 0 Å². The molecule has 0 spiro atoms. The second kappa shape index (κ2) is 12.2. The average Bonchev–Trinajstić information content (AvgIpc) is 3.64. The van der Waals surface area contributed by atoms with Crippen LogP contribution in [0, 0.1) is 0 Å². The van der Waals surface area contributed by atoms with Crippen molar-refractivity contribution in [3.63, 3.8) is 0 Å².